The smallest absolute Gasteiger partial charge is 0.364 e. The zero-order valence-corrected chi connectivity index (χ0v) is 33.0. The first-order chi connectivity index (χ1) is 27.5. The molecular formula is C35H60N2O21. The Labute approximate surface area is 334 Å². The van der Waals surface area contributed by atoms with Gasteiger partial charge in [0, 0.05) is 32.2 Å². The van der Waals surface area contributed by atoms with Crippen LogP contribution in [0.15, 0.2) is 0 Å². The van der Waals surface area contributed by atoms with Gasteiger partial charge in [0.15, 0.2) is 25.2 Å². The van der Waals surface area contributed by atoms with E-state index in [1.165, 1.54) is 27.7 Å². The topological polar surface area (TPSA) is 336 Å². The number of nitrogens with one attached hydrogen (secondary N) is 1. The second-order valence-corrected chi connectivity index (χ2v) is 15.3. The first-order valence-electron chi connectivity index (χ1n) is 19.4. The summed E-state index contributed by atoms with van der Waals surface area (Å²) < 4.78 is 65.6. The molecule has 1 amide bonds. The van der Waals surface area contributed by atoms with Crippen molar-refractivity contribution in [2.45, 2.75) is 151 Å². The fourth-order valence-electron chi connectivity index (χ4n) is 7.72. The van der Waals surface area contributed by atoms with Crippen molar-refractivity contribution in [1.29, 1.82) is 0 Å². The third kappa shape index (κ3) is 10.1. The van der Waals surface area contributed by atoms with E-state index >= 15 is 0 Å². The van der Waals surface area contributed by atoms with E-state index in [1.807, 2.05) is 0 Å². The molecule has 0 radical (unpaired) electrons. The van der Waals surface area contributed by atoms with Crippen molar-refractivity contribution in [3.63, 3.8) is 0 Å². The second kappa shape index (κ2) is 20.4. The summed E-state index contributed by atoms with van der Waals surface area (Å²) in [5, 5.41) is 86.9. The van der Waals surface area contributed by atoms with Gasteiger partial charge < -0.3 is 104 Å². The van der Waals surface area contributed by atoms with Crippen LogP contribution in [-0.4, -0.2) is 215 Å². The van der Waals surface area contributed by atoms with Gasteiger partial charge in [0.25, 0.3) is 5.79 Å². The van der Waals surface area contributed by atoms with Gasteiger partial charge in [-0.05, 0) is 6.92 Å². The number of rotatable bonds is 17. The van der Waals surface area contributed by atoms with Crippen molar-refractivity contribution < 1.29 is 103 Å². The summed E-state index contributed by atoms with van der Waals surface area (Å²) in [6, 6.07) is -1.30. The van der Waals surface area contributed by atoms with Crippen LogP contribution in [-0.2, 0) is 61.7 Å². The Hall–Kier alpha value is -1.82. The lowest BCUT2D eigenvalue weighted by atomic mass is 9.90. The number of fused-ring (bicyclic) bond motifs is 1. The summed E-state index contributed by atoms with van der Waals surface area (Å²) in [6.45, 7) is 5.60. The molecule has 336 valence electrons. The average molecular weight is 845 g/mol. The summed E-state index contributed by atoms with van der Waals surface area (Å²) in [4.78, 5) is 24.8. The molecule has 58 heavy (non-hydrogen) atoms. The number of carboxylic acid groups (broad SMARTS) is 1. The van der Waals surface area contributed by atoms with Crippen molar-refractivity contribution in [2.24, 2.45) is 17.6 Å². The molecule has 21 atom stereocenters. The number of amides is 1. The van der Waals surface area contributed by atoms with E-state index in [2.05, 4.69) is 5.32 Å². The van der Waals surface area contributed by atoms with Crippen LogP contribution in [0, 0.1) is 11.8 Å². The normalized spacial score (nSPS) is 47.1. The Kier molecular flexibility index (Phi) is 16.6. The molecule has 0 aliphatic carbocycles. The Morgan fingerprint density at radius 1 is 0.672 bits per heavy atom. The molecule has 5 saturated heterocycles. The summed E-state index contributed by atoms with van der Waals surface area (Å²) >= 11 is 0. The summed E-state index contributed by atoms with van der Waals surface area (Å²) in [5.74, 6) is -6.05. The SMILES string of the molecule is CC(=O)NC1C(OC2C(C)C(OC3C(CO)OC(OCCOCCN)C4O[C@@](C)(C(=O)O)OC34)OC(CO)C2O)OC(C)C(O)C1OC1OC(CO)C(O)C(O)C1C. The molecule has 0 spiro atoms. The van der Waals surface area contributed by atoms with Gasteiger partial charge in [0.2, 0.25) is 5.91 Å². The van der Waals surface area contributed by atoms with Crippen LogP contribution in [0.5, 0.6) is 0 Å². The standard InChI is InChI=1S/C35H60N2O21/c1-13-21(42)23(44)17(10-38)51-30(13)56-27-20(37-16(4)41)32(50-15(3)22(27)43)54-25-14(2)31(52-18(11-39)24(25)45)55-26-19(12-40)53-33(49-9-8-48-7-6-36)29-28(26)57-35(5,58-29)34(46)47/h13-15,17-33,38-40,42-45H,6-12,36H2,1-5H3,(H,37,41)(H,46,47)/t13?,14?,15?,17?,18?,19?,20?,21?,22?,23?,24?,25?,26?,27?,28?,29?,30?,31?,32?,33?,35-/m0/s1. The fourth-order valence-corrected chi connectivity index (χ4v) is 7.72. The number of aliphatic hydroxyl groups is 7. The van der Waals surface area contributed by atoms with E-state index in [4.69, 9.17) is 57.8 Å². The highest BCUT2D eigenvalue weighted by Crippen LogP contribution is 2.42. The van der Waals surface area contributed by atoms with E-state index in [0.29, 0.717) is 0 Å². The maximum absolute atomic E-state index is 12.6. The number of carboxylic acids is 1. The largest absolute Gasteiger partial charge is 0.477 e. The predicted octanol–water partition coefficient (Wildman–Crippen LogP) is -5.16. The van der Waals surface area contributed by atoms with Gasteiger partial charge in [0.05, 0.1) is 58.0 Å². The van der Waals surface area contributed by atoms with Crippen LogP contribution in [0.25, 0.3) is 0 Å². The van der Waals surface area contributed by atoms with Gasteiger partial charge in [-0.3, -0.25) is 4.79 Å². The minimum atomic E-state index is -2.18. The van der Waals surface area contributed by atoms with Crippen LogP contribution >= 0.6 is 0 Å². The van der Waals surface area contributed by atoms with Gasteiger partial charge in [0.1, 0.15) is 67.1 Å². The van der Waals surface area contributed by atoms with Gasteiger partial charge in [-0.25, -0.2) is 4.79 Å². The van der Waals surface area contributed by atoms with Gasteiger partial charge in [-0.2, -0.15) is 0 Å². The monoisotopic (exact) mass is 844 g/mol. The van der Waals surface area contributed by atoms with E-state index in [0.717, 1.165) is 0 Å². The molecule has 11 N–H and O–H groups in total. The highest BCUT2D eigenvalue weighted by molar-refractivity contribution is 5.75. The van der Waals surface area contributed by atoms with Crippen molar-refractivity contribution in [1.82, 2.24) is 5.32 Å². The average Bonchev–Trinajstić information content (AvgIpc) is 3.56. The molecule has 0 aromatic heterocycles. The minimum absolute atomic E-state index is 0.00617. The van der Waals surface area contributed by atoms with Gasteiger partial charge >= 0.3 is 5.97 Å². The number of hydrogen-bond acceptors (Lipinski definition) is 21. The van der Waals surface area contributed by atoms with Gasteiger partial charge in [-0.1, -0.05) is 13.8 Å². The molecular weight excluding hydrogens is 784 g/mol. The maximum Gasteiger partial charge on any atom is 0.364 e. The summed E-state index contributed by atoms with van der Waals surface area (Å²) in [7, 11) is 0. The van der Waals surface area contributed by atoms with E-state index in [1.54, 1.807) is 6.92 Å². The Morgan fingerprint density at radius 3 is 1.84 bits per heavy atom. The van der Waals surface area contributed by atoms with Crippen molar-refractivity contribution in [3.8, 4) is 0 Å². The molecule has 0 aromatic carbocycles. The Morgan fingerprint density at radius 2 is 1.24 bits per heavy atom. The van der Waals surface area contributed by atoms with Crippen LogP contribution in [0.4, 0.5) is 0 Å². The Bertz CT molecular complexity index is 1340. The number of ether oxygens (including phenoxy) is 11. The molecule has 5 heterocycles. The maximum atomic E-state index is 12.6. The summed E-state index contributed by atoms with van der Waals surface area (Å²) in [5.41, 5.74) is 5.46. The molecule has 5 aliphatic heterocycles. The number of nitrogens with two attached hydrogens (primary N) is 1. The van der Waals surface area contributed by atoms with Crippen LogP contribution in [0.1, 0.15) is 34.6 Å². The van der Waals surface area contributed by atoms with Crippen LogP contribution < -0.4 is 11.1 Å². The summed E-state index contributed by atoms with van der Waals surface area (Å²) in [6.07, 6.45) is -22.3. The van der Waals surface area contributed by atoms with Crippen LogP contribution in [0.2, 0.25) is 0 Å². The zero-order valence-electron chi connectivity index (χ0n) is 33.0. The zero-order chi connectivity index (χ0) is 42.6. The van der Waals surface area contributed by atoms with E-state index in [-0.39, 0.29) is 26.4 Å². The van der Waals surface area contributed by atoms with Crippen molar-refractivity contribution in [2.75, 3.05) is 46.2 Å². The lowest BCUT2D eigenvalue weighted by molar-refractivity contribution is -0.366. The second-order valence-electron chi connectivity index (χ2n) is 15.3. The number of aliphatic hydroxyl groups excluding tert-OH is 7. The Balaban J connectivity index is 1.38. The first kappa shape index (κ1) is 47.2. The number of carbonyl (C=O) groups excluding carboxylic acids is 1. The molecule has 0 bridgehead atoms. The number of aliphatic carboxylic acids is 1. The number of carbonyl (C=O) groups is 2. The molecule has 5 fully saturated rings. The van der Waals surface area contributed by atoms with E-state index < -0.39 is 160 Å². The predicted molar refractivity (Wildman–Crippen MR) is 188 cm³/mol. The minimum Gasteiger partial charge on any atom is -0.477 e. The third-order valence-corrected chi connectivity index (χ3v) is 11.1. The molecule has 23 heteroatoms. The molecule has 0 saturated carbocycles. The number of hydrogen-bond donors (Lipinski definition) is 10. The molecule has 20 unspecified atom stereocenters. The third-order valence-electron chi connectivity index (χ3n) is 11.1. The van der Waals surface area contributed by atoms with Crippen molar-refractivity contribution >= 4 is 11.9 Å². The molecule has 5 rings (SSSR count). The quantitative estimate of drug-likeness (QED) is 0.0612. The van der Waals surface area contributed by atoms with Gasteiger partial charge in [-0.15, -0.1) is 0 Å². The molecule has 5 aliphatic rings. The fraction of sp³-hybridized carbons (Fsp3) is 0.943. The lowest BCUT2D eigenvalue weighted by Gasteiger charge is -2.50. The highest BCUT2D eigenvalue weighted by Gasteiger charge is 2.62. The highest BCUT2D eigenvalue weighted by atomic mass is 16.8. The lowest BCUT2D eigenvalue weighted by Crippen LogP contribution is -2.68. The van der Waals surface area contributed by atoms with E-state index in [9.17, 15) is 50.4 Å². The van der Waals surface area contributed by atoms with Crippen LogP contribution in [0.3, 0.4) is 0 Å². The molecule has 0 aromatic rings. The first-order valence-corrected chi connectivity index (χ1v) is 19.4. The van der Waals surface area contributed by atoms with Crippen molar-refractivity contribution in [3.05, 3.63) is 0 Å². The molecule has 23 nitrogen and oxygen atoms in total.